The first-order chi connectivity index (χ1) is 13.6. The van der Waals surface area contributed by atoms with Crippen molar-refractivity contribution in [2.24, 2.45) is 0 Å². The zero-order chi connectivity index (χ0) is 19.9. The summed E-state index contributed by atoms with van der Waals surface area (Å²) < 4.78 is 11.5. The van der Waals surface area contributed by atoms with Gasteiger partial charge in [-0.3, -0.25) is 4.79 Å². The number of aromatic nitrogens is 1. The Morgan fingerprint density at radius 3 is 2.64 bits per heavy atom. The van der Waals surface area contributed by atoms with E-state index in [-0.39, 0.29) is 19.1 Å². The number of carbonyl (C=O) groups excluding carboxylic acids is 2. The van der Waals surface area contributed by atoms with Gasteiger partial charge in [-0.25, -0.2) is 4.79 Å². The molecule has 0 bridgehead atoms. The molecule has 2 aromatic carbocycles. The van der Waals surface area contributed by atoms with Crippen molar-refractivity contribution in [3.05, 3.63) is 64.8 Å². The molecule has 0 aliphatic carbocycles. The number of fused-ring (bicyclic) bond motifs is 1. The van der Waals surface area contributed by atoms with Crippen molar-refractivity contribution in [3.63, 3.8) is 0 Å². The van der Waals surface area contributed by atoms with Crippen LogP contribution in [-0.4, -0.2) is 36.1 Å². The van der Waals surface area contributed by atoms with Crippen LogP contribution in [0.3, 0.4) is 0 Å². The van der Waals surface area contributed by atoms with Gasteiger partial charge in [0.05, 0.1) is 6.61 Å². The highest BCUT2D eigenvalue weighted by Gasteiger charge is 2.24. The number of esters is 1. The number of hydrogen-bond donors (Lipinski definition) is 2. The third-order valence-corrected chi connectivity index (χ3v) is 4.72. The molecular weight excluding hydrogens is 424 g/mol. The molecule has 0 saturated carbocycles. The maximum absolute atomic E-state index is 12.4. The number of aromatic amines is 1. The third-order valence-electron chi connectivity index (χ3n) is 4.19. The molecule has 0 saturated heterocycles. The average molecular weight is 445 g/mol. The van der Waals surface area contributed by atoms with Crippen LogP contribution in [0.1, 0.15) is 12.5 Å². The van der Waals surface area contributed by atoms with Gasteiger partial charge >= 0.3 is 5.97 Å². The second kappa shape index (κ2) is 9.41. The van der Waals surface area contributed by atoms with Crippen molar-refractivity contribution in [1.82, 2.24) is 10.3 Å². The van der Waals surface area contributed by atoms with Gasteiger partial charge in [0, 0.05) is 28.0 Å². The number of rotatable bonds is 8. The standard InChI is InChI=1S/C21H21BrN2O4/c1-2-27-21(26)19(11-14-12-23-18-6-4-3-5-17(14)18)24-20(25)13-28-16-9-7-15(22)8-10-16/h3-10,12,19,23H,2,11,13H2,1H3,(H,24,25)/t19-/m0/s1. The topological polar surface area (TPSA) is 80.4 Å². The lowest BCUT2D eigenvalue weighted by molar-refractivity contribution is -0.147. The molecule has 0 aliphatic heterocycles. The van der Waals surface area contributed by atoms with Crippen LogP contribution in [0.4, 0.5) is 0 Å². The van der Waals surface area contributed by atoms with Crippen molar-refractivity contribution >= 4 is 38.7 Å². The third kappa shape index (κ3) is 5.13. The first-order valence-corrected chi connectivity index (χ1v) is 9.75. The molecule has 2 N–H and O–H groups in total. The molecule has 0 fully saturated rings. The van der Waals surface area contributed by atoms with Gasteiger partial charge in [0.1, 0.15) is 11.8 Å². The highest BCUT2D eigenvalue weighted by molar-refractivity contribution is 9.10. The van der Waals surface area contributed by atoms with Gasteiger partial charge in [0.15, 0.2) is 6.61 Å². The lowest BCUT2D eigenvalue weighted by Gasteiger charge is -2.17. The van der Waals surface area contributed by atoms with Gasteiger partial charge in [-0.15, -0.1) is 0 Å². The Balaban J connectivity index is 1.66. The van der Waals surface area contributed by atoms with E-state index in [4.69, 9.17) is 9.47 Å². The normalized spacial score (nSPS) is 11.8. The molecule has 0 aliphatic rings. The van der Waals surface area contributed by atoms with E-state index in [0.29, 0.717) is 12.2 Å². The molecule has 3 rings (SSSR count). The summed E-state index contributed by atoms with van der Waals surface area (Å²) in [6.45, 7) is 1.79. The number of hydrogen-bond acceptors (Lipinski definition) is 4. The predicted molar refractivity (Wildman–Crippen MR) is 110 cm³/mol. The fourth-order valence-corrected chi connectivity index (χ4v) is 3.14. The Morgan fingerprint density at radius 1 is 1.14 bits per heavy atom. The molecule has 1 heterocycles. The quantitative estimate of drug-likeness (QED) is 0.520. The molecule has 0 unspecified atom stereocenters. The van der Waals surface area contributed by atoms with E-state index in [9.17, 15) is 9.59 Å². The zero-order valence-electron chi connectivity index (χ0n) is 15.4. The fraction of sp³-hybridized carbons (Fsp3) is 0.238. The summed E-state index contributed by atoms with van der Waals surface area (Å²) in [5.74, 6) is -0.284. The maximum atomic E-state index is 12.4. The van der Waals surface area contributed by atoms with Crippen LogP contribution in [0, 0.1) is 0 Å². The minimum atomic E-state index is -0.792. The largest absolute Gasteiger partial charge is 0.484 e. The Bertz CT molecular complexity index is 952. The van der Waals surface area contributed by atoms with Crippen molar-refractivity contribution in [3.8, 4) is 5.75 Å². The Labute approximate surface area is 171 Å². The maximum Gasteiger partial charge on any atom is 0.328 e. The van der Waals surface area contributed by atoms with E-state index in [1.807, 2.05) is 42.6 Å². The minimum Gasteiger partial charge on any atom is -0.484 e. The average Bonchev–Trinajstić information content (AvgIpc) is 3.10. The monoisotopic (exact) mass is 444 g/mol. The number of H-pyrrole nitrogens is 1. The summed E-state index contributed by atoms with van der Waals surface area (Å²) in [5, 5.41) is 3.74. The Kier molecular flexibility index (Phi) is 6.71. The van der Waals surface area contributed by atoms with Crippen LogP contribution in [0.2, 0.25) is 0 Å². The van der Waals surface area contributed by atoms with Gasteiger partial charge in [-0.2, -0.15) is 0 Å². The van der Waals surface area contributed by atoms with Crippen molar-refractivity contribution in [2.75, 3.05) is 13.2 Å². The molecule has 0 radical (unpaired) electrons. The first-order valence-electron chi connectivity index (χ1n) is 8.96. The van der Waals surface area contributed by atoms with Crippen LogP contribution >= 0.6 is 15.9 Å². The van der Waals surface area contributed by atoms with Gasteiger partial charge in [0.25, 0.3) is 5.91 Å². The summed E-state index contributed by atoms with van der Waals surface area (Å²) in [7, 11) is 0. The molecule has 6 nitrogen and oxygen atoms in total. The first kappa shape index (κ1) is 19.9. The van der Waals surface area contributed by atoms with E-state index in [0.717, 1.165) is 20.9 Å². The van der Waals surface area contributed by atoms with E-state index >= 15 is 0 Å². The molecule has 146 valence electrons. The second-order valence-electron chi connectivity index (χ2n) is 6.18. The highest BCUT2D eigenvalue weighted by Crippen LogP contribution is 2.19. The number of nitrogens with one attached hydrogen (secondary N) is 2. The number of carbonyl (C=O) groups is 2. The molecule has 3 aromatic rings. The number of ether oxygens (including phenoxy) is 2. The molecule has 1 amide bonds. The highest BCUT2D eigenvalue weighted by atomic mass is 79.9. The summed E-state index contributed by atoms with van der Waals surface area (Å²) in [4.78, 5) is 27.9. The molecule has 1 aromatic heterocycles. The summed E-state index contributed by atoms with van der Waals surface area (Å²) in [6, 6.07) is 14.2. The van der Waals surface area contributed by atoms with Crippen LogP contribution in [-0.2, 0) is 20.7 Å². The number of benzene rings is 2. The minimum absolute atomic E-state index is 0.189. The van der Waals surface area contributed by atoms with Crippen LogP contribution in [0.15, 0.2) is 59.2 Å². The van der Waals surface area contributed by atoms with Crippen molar-refractivity contribution < 1.29 is 19.1 Å². The van der Waals surface area contributed by atoms with Crippen molar-refractivity contribution in [1.29, 1.82) is 0 Å². The van der Waals surface area contributed by atoms with Crippen LogP contribution < -0.4 is 10.1 Å². The van der Waals surface area contributed by atoms with Gasteiger partial charge < -0.3 is 19.8 Å². The van der Waals surface area contributed by atoms with E-state index in [1.54, 1.807) is 19.1 Å². The summed E-state index contributed by atoms with van der Waals surface area (Å²) in [6.07, 6.45) is 2.17. The van der Waals surface area contributed by atoms with Gasteiger partial charge in [-0.05, 0) is 42.8 Å². The fourth-order valence-electron chi connectivity index (χ4n) is 2.87. The molecule has 1 atom stereocenters. The lowest BCUT2D eigenvalue weighted by atomic mass is 10.0. The Morgan fingerprint density at radius 2 is 1.89 bits per heavy atom. The van der Waals surface area contributed by atoms with Crippen LogP contribution in [0.5, 0.6) is 5.75 Å². The molecular formula is C21H21BrN2O4. The van der Waals surface area contributed by atoms with Crippen LogP contribution in [0.25, 0.3) is 10.9 Å². The summed E-state index contributed by atoms with van der Waals surface area (Å²) >= 11 is 3.35. The Hall–Kier alpha value is -2.80. The van der Waals surface area contributed by atoms with E-state index in [1.165, 1.54) is 0 Å². The SMILES string of the molecule is CCOC(=O)[C@H](Cc1c[nH]c2ccccc12)NC(=O)COc1ccc(Br)cc1. The smallest absolute Gasteiger partial charge is 0.328 e. The number of amides is 1. The summed E-state index contributed by atoms with van der Waals surface area (Å²) in [5.41, 5.74) is 1.91. The van der Waals surface area contributed by atoms with E-state index < -0.39 is 12.0 Å². The van der Waals surface area contributed by atoms with Gasteiger partial charge in [0.2, 0.25) is 0 Å². The van der Waals surface area contributed by atoms with Gasteiger partial charge in [-0.1, -0.05) is 34.1 Å². The molecule has 0 spiro atoms. The van der Waals surface area contributed by atoms with Crippen molar-refractivity contribution in [2.45, 2.75) is 19.4 Å². The molecule has 7 heteroatoms. The van der Waals surface area contributed by atoms with E-state index in [2.05, 4.69) is 26.2 Å². The zero-order valence-corrected chi connectivity index (χ0v) is 17.0. The lowest BCUT2D eigenvalue weighted by Crippen LogP contribution is -2.45. The number of halogens is 1. The number of para-hydroxylation sites is 1. The molecule has 28 heavy (non-hydrogen) atoms. The second-order valence-corrected chi connectivity index (χ2v) is 7.09. The predicted octanol–water partition coefficient (Wildman–Crippen LogP) is 3.60.